The number of carbonyl (C=O) groups is 1. The Balaban J connectivity index is 2.00. The van der Waals surface area contributed by atoms with Gasteiger partial charge in [0.05, 0.1) is 22.5 Å². The van der Waals surface area contributed by atoms with Crippen molar-refractivity contribution in [3.8, 4) is 16.9 Å². The number of carboxylic acid groups (broad SMARTS) is 1. The van der Waals surface area contributed by atoms with E-state index in [1.807, 2.05) is 0 Å². The van der Waals surface area contributed by atoms with Crippen molar-refractivity contribution in [1.82, 2.24) is 9.78 Å². The number of aromatic nitrogens is 2. The van der Waals surface area contributed by atoms with Crippen LogP contribution in [0, 0.1) is 5.82 Å². The van der Waals surface area contributed by atoms with Crippen molar-refractivity contribution < 1.29 is 27.5 Å². The first kappa shape index (κ1) is 16.7. The van der Waals surface area contributed by atoms with Crippen LogP contribution in [0.1, 0.15) is 15.9 Å². The highest BCUT2D eigenvalue weighted by atomic mass is 19.4. The number of alkyl halides is 3. The summed E-state index contributed by atoms with van der Waals surface area (Å²) in [4.78, 5) is 11.0. The molecule has 0 atom stereocenters. The monoisotopic (exact) mass is 350 g/mol. The molecule has 128 valence electrons. The van der Waals surface area contributed by atoms with Crippen LogP contribution in [0.25, 0.3) is 16.9 Å². The predicted molar refractivity (Wildman–Crippen MR) is 80.9 cm³/mol. The summed E-state index contributed by atoms with van der Waals surface area (Å²) in [5.41, 5.74) is -0.407. The SMILES string of the molecule is O=C(O)c1cccc(-c2ccn(-c3ccc(F)c(C(F)(F)F)c3)n2)c1. The van der Waals surface area contributed by atoms with Crippen LogP contribution < -0.4 is 0 Å². The van der Waals surface area contributed by atoms with Gasteiger partial charge in [0.15, 0.2) is 0 Å². The summed E-state index contributed by atoms with van der Waals surface area (Å²) in [6.07, 6.45) is -3.40. The van der Waals surface area contributed by atoms with E-state index in [1.165, 1.54) is 36.5 Å². The van der Waals surface area contributed by atoms with Gasteiger partial charge in [-0.1, -0.05) is 12.1 Å². The Hall–Kier alpha value is -3.16. The van der Waals surface area contributed by atoms with E-state index in [1.54, 1.807) is 6.07 Å². The normalized spacial score (nSPS) is 11.5. The van der Waals surface area contributed by atoms with Gasteiger partial charge in [-0.15, -0.1) is 0 Å². The first-order valence-electron chi connectivity index (χ1n) is 7.02. The van der Waals surface area contributed by atoms with Gasteiger partial charge in [0.25, 0.3) is 0 Å². The fourth-order valence-corrected chi connectivity index (χ4v) is 2.31. The molecule has 1 N–H and O–H groups in total. The van der Waals surface area contributed by atoms with Crippen molar-refractivity contribution in [2.45, 2.75) is 6.18 Å². The lowest BCUT2D eigenvalue weighted by molar-refractivity contribution is -0.140. The Labute approximate surface area is 139 Å². The number of halogens is 4. The largest absolute Gasteiger partial charge is 0.478 e. The molecule has 0 aliphatic carbocycles. The molecule has 1 heterocycles. The van der Waals surface area contributed by atoms with E-state index < -0.39 is 23.5 Å². The van der Waals surface area contributed by atoms with Gasteiger partial charge in [0.2, 0.25) is 0 Å². The first-order valence-corrected chi connectivity index (χ1v) is 7.02. The Morgan fingerprint density at radius 1 is 1.08 bits per heavy atom. The molecule has 0 fully saturated rings. The Kier molecular flexibility index (Phi) is 4.03. The van der Waals surface area contributed by atoms with Gasteiger partial charge in [-0.3, -0.25) is 0 Å². The van der Waals surface area contributed by atoms with Gasteiger partial charge in [-0.2, -0.15) is 18.3 Å². The Bertz CT molecular complexity index is 948. The van der Waals surface area contributed by atoms with Gasteiger partial charge in [-0.25, -0.2) is 13.9 Å². The smallest absolute Gasteiger partial charge is 0.419 e. The van der Waals surface area contributed by atoms with Crippen LogP contribution in [0.5, 0.6) is 0 Å². The first-order chi connectivity index (χ1) is 11.8. The van der Waals surface area contributed by atoms with E-state index in [-0.39, 0.29) is 11.3 Å². The molecule has 0 radical (unpaired) electrons. The zero-order chi connectivity index (χ0) is 18.2. The molecule has 2 aromatic carbocycles. The standard InChI is InChI=1S/C17H10F4N2O2/c18-14-5-4-12(9-13(14)17(19,20)21)23-7-6-15(22-23)10-2-1-3-11(8-10)16(24)25/h1-9H,(H,24,25). The minimum atomic E-state index is -4.81. The fourth-order valence-electron chi connectivity index (χ4n) is 2.31. The van der Waals surface area contributed by atoms with Crippen LogP contribution in [0.15, 0.2) is 54.7 Å². The van der Waals surface area contributed by atoms with Crippen LogP contribution in [0.2, 0.25) is 0 Å². The molecule has 4 nitrogen and oxygen atoms in total. The third-order valence-electron chi connectivity index (χ3n) is 3.51. The van der Waals surface area contributed by atoms with Crippen LogP contribution in [-0.2, 0) is 6.18 Å². The molecule has 0 spiro atoms. The highest BCUT2D eigenvalue weighted by Gasteiger charge is 2.34. The third kappa shape index (κ3) is 3.37. The second kappa shape index (κ2) is 6.04. The summed E-state index contributed by atoms with van der Waals surface area (Å²) in [5, 5.41) is 13.1. The maximum atomic E-state index is 13.4. The maximum Gasteiger partial charge on any atom is 0.419 e. The lowest BCUT2D eigenvalue weighted by Crippen LogP contribution is -2.09. The molecule has 0 aliphatic rings. The zero-order valence-corrected chi connectivity index (χ0v) is 12.5. The lowest BCUT2D eigenvalue weighted by atomic mass is 10.1. The Morgan fingerprint density at radius 2 is 1.84 bits per heavy atom. The molecular weight excluding hydrogens is 340 g/mol. The molecule has 8 heteroatoms. The summed E-state index contributed by atoms with van der Waals surface area (Å²) < 4.78 is 53.0. The number of benzene rings is 2. The molecule has 0 aliphatic heterocycles. The van der Waals surface area contributed by atoms with Gasteiger partial charge < -0.3 is 5.11 Å². The average Bonchev–Trinajstić information content (AvgIpc) is 3.04. The molecule has 0 amide bonds. The fraction of sp³-hybridized carbons (Fsp3) is 0.0588. The second-order valence-electron chi connectivity index (χ2n) is 5.19. The van der Waals surface area contributed by atoms with E-state index in [0.717, 1.165) is 10.7 Å². The molecule has 0 saturated heterocycles. The molecule has 0 saturated carbocycles. The molecule has 0 bridgehead atoms. The third-order valence-corrected chi connectivity index (χ3v) is 3.51. The zero-order valence-electron chi connectivity index (χ0n) is 12.5. The van der Waals surface area contributed by atoms with Crippen molar-refractivity contribution in [3.05, 3.63) is 71.7 Å². The highest BCUT2D eigenvalue weighted by Crippen LogP contribution is 2.32. The molecule has 25 heavy (non-hydrogen) atoms. The molecule has 0 unspecified atom stereocenters. The van der Waals surface area contributed by atoms with E-state index in [4.69, 9.17) is 5.11 Å². The molecule has 3 aromatic rings. The van der Waals surface area contributed by atoms with Gasteiger partial charge >= 0.3 is 12.1 Å². The van der Waals surface area contributed by atoms with Crippen molar-refractivity contribution in [2.75, 3.05) is 0 Å². The van der Waals surface area contributed by atoms with E-state index in [9.17, 15) is 22.4 Å². The number of hydrogen-bond donors (Lipinski definition) is 1. The number of hydrogen-bond acceptors (Lipinski definition) is 2. The van der Waals surface area contributed by atoms with Crippen LogP contribution >= 0.6 is 0 Å². The average molecular weight is 350 g/mol. The van der Waals surface area contributed by atoms with Crippen LogP contribution in [0.4, 0.5) is 17.6 Å². The molecule has 1 aromatic heterocycles. The summed E-state index contributed by atoms with van der Waals surface area (Å²) >= 11 is 0. The van der Waals surface area contributed by atoms with E-state index in [2.05, 4.69) is 5.10 Å². The van der Waals surface area contributed by atoms with E-state index in [0.29, 0.717) is 17.3 Å². The number of nitrogens with zero attached hydrogens (tertiary/aromatic N) is 2. The van der Waals surface area contributed by atoms with E-state index >= 15 is 0 Å². The maximum absolute atomic E-state index is 13.4. The predicted octanol–water partition coefficient (Wildman–Crippen LogP) is 4.40. The summed E-state index contributed by atoms with van der Waals surface area (Å²) in [6, 6.07) is 10.1. The molecule has 3 rings (SSSR count). The van der Waals surface area contributed by atoms with Gasteiger partial charge in [-0.05, 0) is 36.4 Å². The van der Waals surface area contributed by atoms with Crippen LogP contribution in [-0.4, -0.2) is 20.9 Å². The summed E-state index contributed by atoms with van der Waals surface area (Å²) in [7, 11) is 0. The number of rotatable bonds is 3. The van der Waals surface area contributed by atoms with Crippen molar-refractivity contribution >= 4 is 5.97 Å². The summed E-state index contributed by atoms with van der Waals surface area (Å²) in [5.74, 6) is -2.47. The van der Waals surface area contributed by atoms with Crippen molar-refractivity contribution in [1.29, 1.82) is 0 Å². The minimum absolute atomic E-state index is 0.0364. The minimum Gasteiger partial charge on any atom is -0.478 e. The highest BCUT2D eigenvalue weighted by molar-refractivity contribution is 5.89. The summed E-state index contributed by atoms with van der Waals surface area (Å²) in [6.45, 7) is 0. The van der Waals surface area contributed by atoms with Crippen molar-refractivity contribution in [2.24, 2.45) is 0 Å². The van der Waals surface area contributed by atoms with Gasteiger partial charge in [0.1, 0.15) is 5.82 Å². The lowest BCUT2D eigenvalue weighted by Gasteiger charge is -2.10. The number of aromatic carboxylic acids is 1. The number of carboxylic acids is 1. The van der Waals surface area contributed by atoms with Crippen LogP contribution in [0.3, 0.4) is 0 Å². The Morgan fingerprint density at radius 3 is 2.52 bits per heavy atom. The second-order valence-corrected chi connectivity index (χ2v) is 5.19. The quantitative estimate of drug-likeness (QED) is 0.713. The van der Waals surface area contributed by atoms with Gasteiger partial charge in [0, 0.05) is 11.8 Å². The van der Waals surface area contributed by atoms with Crippen molar-refractivity contribution in [3.63, 3.8) is 0 Å². The topological polar surface area (TPSA) is 55.1 Å². The molecular formula is C17H10F4N2O2.